The molecule has 0 radical (unpaired) electrons. The maximum atomic E-state index is 12.9. The molecule has 10 heteroatoms. The van der Waals surface area contributed by atoms with Gasteiger partial charge in [-0.2, -0.15) is 5.26 Å². The van der Waals surface area contributed by atoms with Gasteiger partial charge in [0.25, 0.3) is 0 Å². The predicted octanol–water partition coefficient (Wildman–Crippen LogP) is 6.58. The number of guanidine groups is 1. The Morgan fingerprint density at radius 1 is 1.16 bits per heavy atom. The number of amides is 1. The van der Waals surface area contributed by atoms with Crippen molar-refractivity contribution in [3.05, 3.63) is 35.9 Å². The molecule has 1 aliphatic carbocycles. The molecule has 3 atom stereocenters. The molecular formula is C35H59N5O4Si. The molecule has 3 rings (SSSR count). The molecule has 0 aromatic heterocycles. The lowest BCUT2D eigenvalue weighted by Gasteiger charge is -2.44. The highest BCUT2D eigenvalue weighted by molar-refractivity contribution is 6.76. The van der Waals surface area contributed by atoms with Crippen LogP contribution in [0.2, 0.25) is 25.7 Å². The van der Waals surface area contributed by atoms with Gasteiger partial charge in [0, 0.05) is 60.4 Å². The van der Waals surface area contributed by atoms with Crippen molar-refractivity contribution in [3.8, 4) is 6.19 Å². The number of carbonyl (C=O) groups excluding carboxylic acids is 1. The minimum Gasteiger partial charge on any atom is -0.450 e. The van der Waals surface area contributed by atoms with Crippen molar-refractivity contribution in [2.45, 2.75) is 108 Å². The molecule has 1 saturated carbocycles. The first-order chi connectivity index (χ1) is 21.6. The summed E-state index contributed by atoms with van der Waals surface area (Å²) in [6.07, 6.45) is 12.9. The average molecular weight is 642 g/mol. The monoisotopic (exact) mass is 641 g/mol. The highest BCUT2D eigenvalue weighted by atomic mass is 28.3. The Balaban J connectivity index is 1.76. The zero-order chi connectivity index (χ0) is 32.7. The number of benzene rings is 1. The third-order valence-corrected chi connectivity index (χ3v) is 11.2. The van der Waals surface area contributed by atoms with E-state index in [0.717, 1.165) is 50.3 Å². The minimum atomic E-state index is -1.31. The van der Waals surface area contributed by atoms with Crippen LogP contribution in [-0.4, -0.2) is 88.1 Å². The quantitative estimate of drug-likeness (QED) is 0.0732. The number of hydrogen-bond donors (Lipinski definition) is 2. The zero-order valence-corrected chi connectivity index (χ0v) is 29.6. The van der Waals surface area contributed by atoms with Crippen LogP contribution in [-0.2, 0) is 15.1 Å². The van der Waals surface area contributed by atoms with E-state index in [-0.39, 0.29) is 18.1 Å². The van der Waals surface area contributed by atoms with E-state index >= 15 is 0 Å². The molecule has 2 aliphatic rings. The summed E-state index contributed by atoms with van der Waals surface area (Å²) in [5, 5.41) is 25.7. The van der Waals surface area contributed by atoms with Crippen molar-refractivity contribution in [1.82, 2.24) is 15.1 Å². The van der Waals surface area contributed by atoms with Gasteiger partial charge in [0.1, 0.15) is 0 Å². The van der Waals surface area contributed by atoms with E-state index in [1.54, 1.807) is 19.1 Å². The van der Waals surface area contributed by atoms with E-state index in [2.05, 4.69) is 34.9 Å². The molecule has 252 valence electrons. The van der Waals surface area contributed by atoms with Crippen molar-refractivity contribution in [2.75, 3.05) is 47.0 Å². The van der Waals surface area contributed by atoms with E-state index in [4.69, 9.17) is 9.47 Å². The molecule has 1 aromatic rings. The topological polar surface area (TPSA) is 110 Å². The second kappa shape index (κ2) is 18.5. The van der Waals surface area contributed by atoms with Crippen molar-refractivity contribution >= 4 is 20.1 Å². The highest BCUT2D eigenvalue weighted by Crippen LogP contribution is 2.40. The molecule has 2 fully saturated rings. The second-order valence-electron chi connectivity index (χ2n) is 14.4. The number of rotatable bonds is 15. The molecule has 1 aliphatic heterocycles. The Kier molecular flexibility index (Phi) is 15.2. The largest absolute Gasteiger partial charge is 0.450 e. The molecule has 0 bridgehead atoms. The molecule has 1 heterocycles. The molecular weight excluding hydrogens is 583 g/mol. The maximum absolute atomic E-state index is 12.9. The zero-order valence-electron chi connectivity index (χ0n) is 28.6. The van der Waals surface area contributed by atoms with Crippen LogP contribution in [0.4, 0.5) is 4.79 Å². The minimum absolute atomic E-state index is 0.0253. The number of methoxy groups -OCH3 is 1. The van der Waals surface area contributed by atoms with E-state index in [1.165, 1.54) is 32.1 Å². The summed E-state index contributed by atoms with van der Waals surface area (Å²) < 4.78 is 10.9. The lowest BCUT2D eigenvalue weighted by atomic mass is 9.74. The second-order valence-corrected chi connectivity index (χ2v) is 20.1. The predicted molar refractivity (Wildman–Crippen MR) is 184 cm³/mol. The first kappa shape index (κ1) is 36.9. The average Bonchev–Trinajstić information content (AvgIpc) is 3.03. The number of unbranched alkanes of at least 4 members (excludes halogenated alkanes) is 1. The van der Waals surface area contributed by atoms with Gasteiger partial charge in [-0.05, 0) is 56.1 Å². The van der Waals surface area contributed by atoms with Gasteiger partial charge in [-0.25, -0.2) is 4.79 Å². The van der Waals surface area contributed by atoms with Gasteiger partial charge in [-0.1, -0.05) is 82.1 Å². The standard InChI is InChI=1S/C35H59N5O4Si/c1-39(34(41)44-23-24-45(3,4)5)27-32(25-29-15-8-6-9-16-29)38-33(37-28-36)40-21-14-19-31(26-40)35(42,20-12-13-22-43-2)30-17-10-7-11-18-30/h7,10-11,17-18,29,31-32,42H,6,8-9,12-16,19-27H2,1-5H3,(H,37,38)/t31-,32?,35-/m1/s1. The summed E-state index contributed by atoms with van der Waals surface area (Å²) in [6, 6.07) is 10.9. The van der Waals surface area contributed by atoms with Crippen molar-refractivity contribution < 1.29 is 19.4 Å². The summed E-state index contributed by atoms with van der Waals surface area (Å²) in [5.74, 6) is 1.08. The lowest BCUT2D eigenvalue weighted by Crippen LogP contribution is -2.55. The fraction of sp³-hybridized carbons (Fsp3) is 0.743. The van der Waals surface area contributed by atoms with Crippen LogP contribution in [0, 0.1) is 23.3 Å². The number of likely N-dealkylation sites (N-methyl/N-ethyl adjacent to an activating group) is 1. The van der Waals surface area contributed by atoms with Gasteiger partial charge >= 0.3 is 6.09 Å². The van der Waals surface area contributed by atoms with Crippen LogP contribution in [0.15, 0.2) is 35.3 Å². The van der Waals surface area contributed by atoms with Crippen LogP contribution in [0.5, 0.6) is 0 Å². The van der Waals surface area contributed by atoms with Gasteiger partial charge in [0.05, 0.1) is 12.2 Å². The highest BCUT2D eigenvalue weighted by Gasteiger charge is 2.41. The van der Waals surface area contributed by atoms with Gasteiger partial charge < -0.3 is 29.7 Å². The van der Waals surface area contributed by atoms with E-state index < -0.39 is 13.7 Å². The van der Waals surface area contributed by atoms with Crippen LogP contribution < -0.4 is 5.32 Å². The van der Waals surface area contributed by atoms with E-state index in [1.807, 2.05) is 36.5 Å². The van der Waals surface area contributed by atoms with Gasteiger partial charge in [-0.3, -0.25) is 0 Å². The van der Waals surface area contributed by atoms with Crippen LogP contribution >= 0.6 is 0 Å². The fourth-order valence-corrected chi connectivity index (χ4v) is 7.61. The summed E-state index contributed by atoms with van der Waals surface area (Å²) in [7, 11) is 2.20. The number of aliphatic imine (C=N–C) groups is 1. The third kappa shape index (κ3) is 12.3. The molecule has 9 nitrogen and oxygen atoms in total. The molecule has 45 heavy (non-hydrogen) atoms. The molecule has 1 aromatic carbocycles. The Bertz CT molecular complexity index is 1090. The fourth-order valence-electron chi connectivity index (χ4n) is 6.90. The number of ether oxygens (including phenoxy) is 2. The number of nitrogens with zero attached hydrogens (tertiary/aromatic N) is 4. The maximum Gasteiger partial charge on any atom is 0.409 e. The molecule has 1 unspecified atom stereocenters. The number of nitriles is 1. The van der Waals surface area contributed by atoms with Crippen LogP contribution in [0.25, 0.3) is 0 Å². The number of aliphatic hydroxyl groups is 1. The number of nitrogens with one attached hydrogen (secondary N) is 1. The van der Waals surface area contributed by atoms with Gasteiger partial charge in [0.2, 0.25) is 12.2 Å². The number of likely N-dealkylation sites (tertiary alicyclic amines) is 1. The smallest absolute Gasteiger partial charge is 0.409 e. The SMILES string of the molecule is COCCCC[C@@](O)(c1ccccc1)[C@@H]1CCCN(C(=NC#N)NC(CC2CCCCC2)CN(C)C(=O)OCC[Si](C)(C)C)C1. The summed E-state index contributed by atoms with van der Waals surface area (Å²) in [5.41, 5.74) is -0.0577. The number of hydrogen-bond acceptors (Lipinski definition) is 6. The van der Waals surface area contributed by atoms with Gasteiger partial charge in [0.15, 0.2) is 0 Å². The molecule has 1 amide bonds. The number of carbonyl (C=O) groups is 1. The Hall–Kier alpha value is -2.61. The van der Waals surface area contributed by atoms with Gasteiger partial charge in [-0.15, -0.1) is 4.99 Å². The van der Waals surface area contributed by atoms with Crippen molar-refractivity contribution in [1.29, 1.82) is 5.26 Å². The Labute approximate surface area is 273 Å². The third-order valence-electron chi connectivity index (χ3n) is 9.54. The van der Waals surface area contributed by atoms with E-state index in [9.17, 15) is 15.2 Å². The molecule has 0 spiro atoms. The van der Waals surface area contributed by atoms with Crippen LogP contribution in [0.3, 0.4) is 0 Å². The van der Waals surface area contributed by atoms with E-state index in [0.29, 0.717) is 44.6 Å². The summed E-state index contributed by atoms with van der Waals surface area (Å²) in [4.78, 5) is 21.0. The Morgan fingerprint density at radius 2 is 1.89 bits per heavy atom. The van der Waals surface area contributed by atoms with Crippen molar-refractivity contribution in [3.63, 3.8) is 0 Å². The molecule has 2 N–H and O–H groups in total. The first-order valence-electron chi connectivity index (χ1n) is 17.2. The first-order valence-corrected chi connectivity index (χ1v) is 20.9. The molecule has 1 saturated heterocycles. The summed E-state index contributed by atoms with van der Waals surface area (Å²) >= 11 is 0. The summed E-state index contributed by atoms with van der Waals surface area (Å²) in [6.45, 7) is 9.77. The lowest BCUT2D eigenvalue weighted by molar-refractivity contribution is -0.0543. The van der Waals surface area contributed by atoms with Crippen molar-refractivity contribution in [2.24, 2.45) is 16.8 Å². The normalized spacial score (nSPS) is 20.2. The number of piperidine rings is 1. The van der Waals surface area contributed by atoms with Crippen LogP contribution in [0.1, 0.15) is 76.2 Å². The Morgan fingerprint density at radius 3 is 2.56 bits per heavy atom.